The van der Waals surface area contributed by atoms with Crippen molar-refractivity contribution in [2.45, 2.75) is 25.4 Å². The zero-order valence-electron chi connectivity index (χ0n) is 9.09. The maximum absolute atomic E-state index is 5.71. The van der Waals surface area contributed by atoms with Crippen molar-refractivity contribution in [2.75, 3.05) is 18.5 Å². The molecule has 1 fully saturated rings. The van der Waals surface area contributed by atoms with Gasteiger partial charge in [-0.05, 0) is 57.7 Å². The number of rotatable bonds is 3. The zero-order valence-corrected chi connectivity index (χ0v) is 12.3. The van der Waals surface area contributed by atoms with E-state index in [1.165, 1.54) is 0 Å². The summed E-state index contributed by atoms with van der Waals surface area (Å²) < 4.78 is 7.64. The maximum Gasteiger partial charge on any atom is 0.140 e. The van der Waals surface area contributed by atoms with E-state index < -0.39 is 0 Å². The van der Waals surface area contributed by atoms with Crippen LogP contribution in [0, 0.1) is 0 Å². The fourth-order valence-electron chi connectivity index (χ4n) is 1.79. The van der Waals surface area contributed by atoms with Gasteiger partial charge in [0.25, 0.3) is 0 Å². The summed E-state index contributed by atoms with van der Waals surface area (Å²) in [5.74, 6) is 0.861. The van der Waals surface area contributed by atoms with E-state index in [1.54, 1.807) is 6.20 Å². The van der Waals surface area contributed by atoms with E-state index in [1.807, 2.05) is 6.07 Å². The Morgan fingerprint density at radius 1 is 1.56 bits per heavy atom. The average Bonchev–Trinajstić information content (AvgIpc) is 2.64. The summed E-state index contributed by atoms with van der Waals surface area (Å²) in [7, 11) is 0. The SMILES string of the molecule is CC1(CNc2ncc(Br)cc2Br)CCCO1. The predicted octanol–water partition coefficient (Wildman–Crippen LogP) is 3.59. The van der Waals surface area contributed by atoms with Gasteiger partial charge < -0.3 is 10.1 Å². The smallest absolute Gasteiger partial charge is 0.140 e. The number of halogens is 2. The van der Waals surface area contributed by atoms with Crippen LogP contribution in [-0.4, -0.2) is 23.7 Å². The van der Waals surface area contributed by atoms with E-state index >= 15 is 0 Å². The topological polar surface area (TPSA) is 34.2 Å². The van der Waals surface area contributed by atoms with E-state index in [2.05, 4.69) is 49.1 Å². The molecule has 1 saturated heterocycles. The summed E-state index contributed by atoms with van der Waals surface area (Å²) >= 11 is 6.86. The summed E-state index contributed by atoms with van der Waals surface area (Å²) in [6, 6.07) is 1.98. The largest absolute Gasteiger partial charge is 0.373 e. The molecule has 0 aromatic carbocycles. The quantitative estimate of drug-likeness (QED) is 0.905. The van der Waals surface area contributed by atoms with Crippen LogP contribution in [0.3, 0.4) is 0 Å². The van der Waals surface area contributed by atoms with Crippen molar-refractivity contribution in [2.24, 2.45) is 0 Å². The third-order valence-electron chi connectivity index (χ3n) is 2.74. The van der Waals surface area contributed by atoms with Crippen LogP contribution in [0.4, 0.5) is 5.82 Å². The molecule has 1 aliphatic rings. The Labute approximate surface area is 112 Å². The Morgan fingerprint density at radius 2 is 2.38 bits per heavy atom. The van der Waals surface area contributed by atoms with Crippen LogP contribution in [0.15, 0.2) is 21.2 Å². The van der Waals surface area contributed by atoms with Crippen LogP contribution in [0.1, 0.15) is 19.8 Å². The highest BCUT2D eigenvalue weighted by atomic mass is 79.9. The zero-order chi connectivity index (χ0) is 11.6. The van der Waals surface area contributed by atoms with Gasteiger partial charge in [0.05, 0.1) is 10.1 Å². The Kier molecular flexibility index (Phi) is 3.87. The molecule has 1 unspecified atom stereocenters. The molecule has 1 atom stereocenters. The van der Waals surface area contributed by atoms with Gasteiger partial charge in [0.2, 0.25) is 0 Å². The van der Waals surface area contributed by atoms with Crippen LogP contribution in [-0.2, 0) is 4.74 Å². The minimum atomic E-state index is -0.0474. The first-order chi connectivity index (χ1) is 7.59. The van der Waals surface area contributed by atoms with Gasteiger partial charge >= 0.3 is 0 Å². The highest BCUT2D eigenvalue weighted by Gasteiger charge is 2.29. The first-order valence-electron chi connectivity index (χ1n) is 5.28. The van der Waals surface area contributed by atoms with Gasteiger partial charge in [-0.2, -0.15) is 0 Å². The molecule has 0 spiro atoms. The highest BCUT2D eigenvalue weighted by molar-refractivity contribution is 9.11. The molecule has 0 aliphatic carbocycles. The van der Waals surface area contributed by atoms with Crippen molar-refractivity contribution in [3.8, 4) is 0 Å². The Hall–Kier alpha value is -0.130. The van der Waals surface area contributed by atoms with Crippen molar-refractivity contribution in [3.63, 3.8) is 0 Å². The lowest BCUT2D eigenvalue weighted by molar-refractivity contribution is 0.0314. The number of nitrogens with zero attached hydrogens (tertiary/aromatic N) is 1. The first kappa shape index (κ1) is 12.3. The summed E-state index contributed by atoms with van der Waals surface area (Å²) in [5.41, 5.74) is -0.0474. The molecule has 1 aliphatic heterocycles. The molecule has 1 aromatic heterocycles. The fourth-order valence-corrected chi connectivity index (χ4v) is 2.92. The maximum atomic E-state index is 5.71. The summed E-state index contributed by atoms with van der Waals surface area (Å²) in [6.07, 6.45) is 4.03. The first-order valence-corrected chi connectivity index (χ1v) is 6.87. The molecule has 2 heterocycles. The minimum absolute atomic E-state index is 0.0474. The van der Waals surface area contributed by atoms with Crippen LogP contribution >= 0.6 is 31.9 Å². The molecule has 0 amide bonds. The third-order valence-corrected chi connectivity index (χ3v) is 3.78. The molecule has 16 heavy (non-hydrogen) atoms. The molecule has 1 N–H and O–H groups in total. The van der Waals surface area contributed by atoms with Gasteiger partial charge in [-0.1, -0.05) is 0 Å². The lowest BCUT2D eigenvalue weighted by Gasteiger charge is -2.23. The lowest BCUT2D eigenvalue weighted by Crippen LogP contribution is -2.32. The van der Waals surface area contributed by atoms with Gasteiger partial charge in [-0.3, -0.25) is 0 Å². The molecule has 0 radical (unpaired) electrons. The van der Waals surface area contributed by atoms with E-state index in [0.717, 1.165) is 40.8 Å². The van der Waals surface area contributed by atoms with E-state index in [-0.39, 0.29) is 5.60 Å². The molecule has 5 heteroatoms. The van der Waals surface area contributed by atoms with Crippen LogP contribution in [0.25, 0.3) is 0 Å². The number of hydrogen-bond acceptors (Lipinski definition) is 3. The summed E-state index contributed by atoms with van der Waals surface area (Å²) in [6.45, 7) is 3.80. The predicted molar refractivity (Wildman–Crippen MR) is 71.7 cm³/mol. The molecule has 0 bridgehead atoms. The fraction of sp³-hybridized carbons (Fsp3) is 0.545. The number of anilines is 1. The minimum Gasteiger partial charge on any atom is -0.373 e. The molecular weight excluding hydrogens is 336 g/mol. The molecular formula is C11H14Br2N2O. The third kappa shape index (κ3) is 2.96. The highest BCUT2D eigenvalue weighted by Crippen LogP contribution is 2.27. The van der Waals surface area contributed by atoms with Crippen LogP contribution < -0.4 is 5.32 Å². The van der Waals surface area contributed by atoms with Crippen LogP contribution in [0.2, 0.25) is 0 Å². The number of aromatic nitrogens is 1. The second kappa shape index (κ2) is 5.02. The van der Waals surface area contributed by atoms with Gasteiger partial charge in [0, 0.05) is 23.8 Å². The number of nitrogens with one attached hydrogen (secondary N) is 1. The molecule has 1 aromatic rings. The molecule has 88 valence electrons. The van der Waals surface area contributed by atoms with E-state index in [9.17, 15) is 0 Å². The number of pyridine rings is 1. The summed E-state index contributed by atoms with van der Waals surface area (Å²) in [4.78, 5) is 4.31. The Morgan fingerprint density at radius 3 is 3.00 bits per heavy atom. The molecule has 2 rings (SSSR count). The molecule has 3 nitrogen and oxygen atoms in total. The lowest BCUT2D eigenvalue weighted by atomic mass is 10.0. The van der Waals surface area contributed by atoms with Crippen molar-refractivity contribution in [3.05, 3.63) is 21.2 Å². The van der Waals surface area contributed by atoms with Crippen molar-refractivity contribution >= 4 is 37.7 Å². The van der Waals surface area contributed by atoms with Gasteiger partial charge in [0.1, 0.15) is 5.82 Å². The second-order valence-electron chi connectivity index (χ2n) is 4.24. The van der Waals surface area contributed by atoms with Gasteiger partial charge in [-0.25, -0.2) is 4.98 Å². The van der Waals surface area contributed by atoms with Gasteiger partial charge in [-0.15, -0.1) is 0 Å². The number of hydrogen-bond donors (Lipinski definition) is 1. The average molecular weight is 350 g/mol. The van der Waals surface area contributed by atoms with E-state index in [0.29, 0.717) is 0 Å². The normalized spacial score (nSPS) is 24.7. The molecule has 0 saturated carbocycles. The van der Waals surface area contributed by atoms with E-state index in [4.69, 9.17) is 4.74 Å². The number of ether oxygens (including phenoxy) is 1. The Balaban J connectivity index is 1.99. The van der Waals surface area contributed by atoms with Crippen molar-refractivity contribution in [1.82, 2.24) is 4.98 Å². The van der Waals surface area contributed by atoms with Crippen molar-refractivity contribution < 1.29 is 4.74 Å². The standard InChI is InChI=1S/C11H14Br2N2O/c1-11(3-2-4-16-11)7-15-10-9(13)5-8(12)6-14-10/h5-6H,2-4,7H2,1H3,(H,14,15). The monoisotopic (exact) mass is 348 g/mol. The van der Waals surface area contributed by atoms with Crippen molar-refractivity contribution in [1.29, 1.82) is 0 Å². The van der Waals surface area contributed by atoms with Crippen LogP contribution in [0.5, 0.6) is 0 Å². The Bertz CT molecular complexity index is 378. The summed E-state index contributed by atoms with van der Waals surface area (Å²) in [5, 5.41) is 3.32. The van der Waals surface area contributed by atoms with Gasteiger partial charge in [0.15, 0.2) is 0 Å². The second-order valence-corrected chi connectivity index (χ2v) is 6.01.